The van der Waals surface area contributed by atoms with Gasteiger partial charge in [-0.25, -0.2) is 0 Å². The highest BCUT2D eigenvalue weighted by Gasteiger charge is 2.60. The molecule has 15 heavy (non-hydrogen) atoms. The molecule has 0 aromatic carbocycles. The Kier molecular flexibility index (Phi) is 1.88. The molecule has 0 saturated heterocycles. The Balaban J connectivity index is 2.00. The van der Waals surface area contributed by atoms with Crippen molar-refractivity contribution in [1.82, 2.24) is 0 Å². The summed E-state index contributed by atoms with van der Waals surface area (Å²) < 4.78 is 0. The van der Waals surface area contributed by atoms with E-state index in [9.17, 15) is 4.79 Å². The first-order valence-corrected chi connectivity index (χ1v) is 6.55. The summed E-state index contributed by atoms with van der Waals surface area (Å²) in [6, 6.07) is 0. The van der Waals surface area contributed by atoms with Crippen LogP contribution >= 0.6 is 0 Å². The quantitative estimate of drug-likeness (QED) is 0.594. The van der Waals surface area contributed by atoms with Crippen molar-refractivity contribution in [3.05, 3.63) is 0 Å². The minimum atomic E-state index is 0.429. The average Bonchev–Trinajstić information content (AvgIpc) is 2.73. The summed E-state index contributed by atoms with van der Waals surface area (Å²) in [5.41, 5.74) is 0.429. The number of hydrogen-bond acceptors (Lipinski definition) is 1. The van der Waals surface area contributed by atoms with E-state index >= 15 is 0 Å². The molecule has 3 fully saturated rings. The molecule has 3 saturated carbocycles. The van der Waals surface area contributed by atoms with Crippen molar-refractivity contribution < 1.29 is 4.79 Å². The molecule has 3 rings (SSSR count). The van der Waals surface area contributed by atoms with E-state index in [1.54, 1.807) is 0 Å². The van der Waals surface area contributed by atoms with Crippen molar-refractivity contribution in [3.63, 3.8) is 0 Å². The Bertz CT molecular complexity index is 304. The molecule has 0 aliphatic heterocycles. The van der Waals surface area contributed by atoms with E-state index in [1.165, 1.54) is 19.3 Å². The van der Waals surface area contributed by atoms with Gasteiger partial charge in [-0.15, -0.1) is 0 Å². The van der Waals surface area contributed by atoms with Gasteiger partial charge in [-0.05, 0) is 48.3 Å². The largest absolute Gasteiger partial charge is 0.299 e. The molecule has 0 unspecified atom stereocenters. The lowest BCUT2D eigenvalue weighted by atomic mass is 9.73. The van der Waals surface area contributed by atoms with E-state index < -0.39 is 0 Å². The summed E-state index contributed by atoms with van der Waals surface area (Å²) in [4.78, 5) is 12.0. The van der Waals surface area contributed by atoms with Gasteiger partial charge < -0.3 is 0 Å². The van der Waals surface area contributed by atoms with E-state index in [4.69, 9.17) is 0 Å². The van der Waals surface area contributed by atoms with Crippen LogP contribution in [0, 0.1) is 35.0 Å². The highest BCUT2D eigenvalue weighted by atomic mass is 16.1. The summed E-state index contributed by atoms with van der Waals surface area (Å²) in [5.74, 6) is 4.17. The first-order valence-electron chi connectivity index (χ1n) is 6.55. The second-order valence-electron chi connectivity index (χ2n) is 6.77. The van der Waals surface area contributed by atoms with Crippen LogP contribution in [0.1, 0.15) is 46.5 Å². The highest BCUT2D eigenvalue weighted by Crippen LogP contribution is 2.64. The van der Waals surface area contributed by atoms with Crippen LogP contribution in [-0.4, -0.2) is 5.78 Å². The van der Waals surface area contributed by atoms with Crippen molar-refractivity contribution in [2.75, 3.05) is 0 Å². The lowest BCUT2D eigenvalue weighted by molar-refractivity contribution is -0.123. The number of carbonyl (C=O) groups is 1. The second kappa shape index (κ2) is 2.87. The Morgan fingerprint density at radius 2 is 1.93 bits per heavy atom. The fraction of sp³-hybridized carbons (Fsp3) is 0.929. The van der Waals surface area contributed by atoms with Gasteiger partial charge in [0.2, 0.25) is 0 Å². The molecule has 3 aliphatic rings. The molecule has 0 aromatic rings. The molecule has 84 valence electrons. The molecule has 5 atom stereocenters. The van der Waals surface area contributed by atoms with Crippen molar-refractivity contribution in [1.29, 1.82) is 0 Å². The van der Waals surface area contributed by atoms with Crippen molar-refractivity contribution >= 4 is 5.78 Å². The van der Waals surface area contributed by atoms with Gasteiger partial charge in [0.15, 0.2) is 0 Å². The van der Waals surface area contributed by atoms with Gasteiger partial charge in [0.25, 0.3) is 0 Å². The fourth-order valence-electron chi connectivity index (χ4n) is 5.07. The Morgan fingerprint density at radius 1 is 1.20 bits per heavy atom. The van der Waals surface area contributed by atoms with Crippen LogP contribution in [0.3, 0.4) is 0 Å². The van der Waals surface area contributed by atoms with Crippen LogP contribution in [0.2, 0.25) is 0 Å². The second-order valence-corrected chi connectivity index (χ2v) is 6.77. The van der Waals surface area contributed by atoms with Gasteiger partial charge in [0, 0.05) is 12.3 Å². The maximum atomic E-state index is 12.0. The minimum Gasteiger partial charge on any atom is -0.299 e. The standard InChI is InChI=1S/C14H22O/c1-8-9-4-5-11(15)12(9)13-10(8)6-7-14(13,2)3/h8-10,12-13H,4-7H2,1-3H3/t8-,9-,10-,12+,13-/m1/s1. The number of fused-ring (bicyclic) bond motifs is 3. The van der Waals surface area contributed by atoms with Crippen LogP contribution < -0.4 is 0 Å². The molecule has 0 N–H and O–H groups in total. The van der Waals surface area contributed by atoms with Gasteiger partial charge in [0.1, 0.15) is 5.78 Å². The topological polar surface area (TPSA) is 17.1 Å². The summed E-state index contributed by atoms with van der Waals surface area (Å²) in [6.07, 6.45) is 4.77. The molecule has 1 heteroatoms. The minimum absolute atomic E-state index is 0.429. The third-order valence-corrected chi connectivity index (χ3v) is 5.78. The Labute approximate surface area is 92.6 Å². The predicted octanol–water partition coefficient (Wildman–Crippen LogP) is 3.28. The number of ketones is 1. The summed E-state index contributed by atoms with van der Waals surface area (Å²) in [7, 11) is 0. The molecule has 0 amide bonds. The molecule has 0 aromatic heterocycles. The molecule has 0 spiro atoms. The van der Waals surface area contributed by atoms with Gasteiger partial charge >= 0.3 is 0 Å². The smallest absolute Gasteiger partial charge is 0.136 e. The van der Waals surface area contributed by atoms with E-state index in [2.05, 4.69) is 20.8 Å². The third kappa shape index (κ3) is 1.13. The zero-order valence-corrected chi connectivity index (χ0v) is 10.1. The third-order valence-electron chi connectivity index (χ3n) is 5.78. The van der Waals surface area contributed by atoms with Crippen LogP contribution in [-0.2, 0) is 4.79 Å². The molecule has 1 nitrogen and oxygen atoms in total. The van der Waals surface area contributed by atoms with Gasteiger partial charge in [-0.2, -0.15) is 0 Å². The first kappa shape index (κ1) is 9.86. The lowest BCUT2D eigenvalue weighted by Gasteiger charge is -2.30. The van der Waals surface area contributed by atoms with Crippen LogP contribution in [0.5, 0.6) is 0 Å². The van der Waals surface area contributed by atoms with Crippen LogP contribution in [0.25, 0.3) is 0 Å². The number of carbonyl (C=O) groups excluding carboxylic acids is 1. The van der Waals surface area contributed by atoms with Gasteiger partial charge in [-0.1, -0.05) is 20.8 Å². The molecule has 0 bridgehead atoms. The normalized spacial score (nSPS) is 51.9. The van der Waals surface area contributed by atoms with Crippen molar-refractivity contribution in [2.45, 2.75) is 46.5 Å². The molecule has 3 aliphatic carbocycles. The highest BCUT2D eigenvalue weighted by molar-refractivity contribution is 5.84. The van der Waals surface area contributed by atoms with E-state index in [0.717, 1.165) is 24.2 Å². The van der Waals surface area contributed by atoms with E-state index in [1.807, 2.05) is 0 Å². The zero-order chi connectivity index (χ0) is 10.8. The maximum absolute atomic E-state index is 12.0. The fourth-order valence-corrected chi connectivity index (χ4v) is 5.07. The Morgan fingerprint density at radius 3 is 2.67 bits per heavy atom. The molecular weight excluding hydrogens is 184 g/mol. The summed E-state index contributed by atoms with van der Waals surface area (Å²) in [5, 5.41) is 0. The van der Waals surface area contributed by atoms with Crippen LogP contribution in [0.4, 0.5) is 0 Å². The Hall–Kier alpha value is -0.330. The molecule has 0 heterocycles. The number of Topliss-reactive ketones (excluding diaryl/α,β-unsaturated/α-hetero) is 1. The lowest BCUT2D eigenvalue weighted by Crippen LogP contribution is -2.29. The summed E-state index contributed by atoms with van der Waals surface area (Å²) in [6.45, 7) is 7.18. The molecular formula is C14H22O. The monoisotopic (exact) mass is 206 g/mol. The first-order chi connectivity index (χ1) is 7.02. The average molecular weight is 206 g/mol. The van der Waals surface area contributed by atoms with E-state index in [0.29, 0.717) is 23.0 Å². The van der Waals surface area contributed by atoms with Crippen molar-refractivity contribution in [2.24, 2.45) is 35.0 Å². The van der Waals surface area contributed by atoms with E-state index in [-0.39, 0.29) is 0 Å². The van der Waals surface area contributed by atoms with Gasteiger partial charge in [0.05, 0.1) is 0 Å². The van der Waals surface area contributed by atoms with Crippen molar-refractivity contribution in [3.8, 4) is 0 Å². The maximum Gasteiger partial charge on any atom is 0.136 e. The number of hydrogen-bond donors (Lipinski definition) is 0. The SMILES string of the molecule is C[C@@H]1[C@H]2CCC(=O)[C@H]2[C@H]2[C@@H]1CCC2(C)C. The number of rotatable bonds is 0. The summed E-state index contributed by atoms with van der Waals surface area (Å²) >= 11 is 0. The zero-order valence-electron chi connectivity index (χ0n) is 10.1. The predicted molar refractivity (Wildman–Crippen MR) is 60.4 cm³/mol. The van der Waals surface area contributed by atoms with Gasteiger partial charge in [-0.3, -0.25) is 4.79 Å². The molecule has 0 radical (unpaired) electrons. The van der Waals surface area contributed by atoms with Crippen LogP contribution in [0.15, 0.2) is 0 Å².